The van der Waals surface area contributed by atoms with Gasteiger partial charge in [0.2, 0.25) is 0 Å². The molecule has 0 spiro atoms. The first-order valence-electron chi connectivity index (χ1n) is 9.71. The lowest BCUT2D eigenvalue weighted by molar-refractivity contribution is -0.123. The van der Waals surface area contributed by atoms with Crippen molar-refractivity contribution in [3.63, 3.8) is 0 Å². The van der Waals surface area contributed by atoms with Gasteiger partial charge in [0.05, 0.1) is 6.10 Å². The molecule has 122 valence electrons. The highest BCUT2D eigenvalue weighted by Gasteiger charge is 2.58. The molecule has 0 heterocycles. The van der Waals surface area contributed by atoms with Crippen LogP contribution >= 0.6 is 0 Å². The van der Waals surface area contributed by atoms with Crippen LogP contribution < -0.4 is 0 Å². The van der Waals surface area contributed by atoms with Gasteiger partial charge in [-0.25, -0.2) is 0 Å². The minimum Gasteiger partial charge on any atom is -0.393 e. The molecule has 4 saturated carbocycles. The van der Waals surface area contributed by atoms with Crippen molar-refractivity contribution in [3.8, 4) is 12.3 Å². The summed E-state index contributed by atoms with van der Waals surface area (Å²) in [5.41, 5.74) is 1.01. The highest BCUT2D eigenvalue weighted by molar-refractivity contribution is 5.10. The minimum atomic E-state index is -0.0229. The first kappa shape index (κ1) is 15.1. The van der Waals surface area contributed by atoms with Gasteiger partial charge in [-0.1, -0.05) is 13.3 Å². The Morgan fingerprint density at radius 1 is 1.05 bits per heavy atom. The first-order chi connectivity index (χ1) is 10.6. The molecule has 0 aromatic heterocycles. The van der Waals surface area contributed by atoms with Gasteiger partial charge in [0.15, 0.2) is 0 Å². The summed E-state index contributed by atoms with van der Waals surface area (Å²) in [6, 6.07) is 0. The Morgan fingerprint density at radius 3 is 2.73 bits per heavy atom. The van der Waals surface area contributed by atoms with Crippen molar-refractivity contribution in [2.75, 3.05) is 0 Å². The van der Waals surface area contributed by atoms with Gasteiger partial charge in [0, 0.05) is 6.42 Å². The van der Waals surface area contributed by atoms with Crippen LogP contribution in [0.3, 0.4) is 0 Å². The topological polar surface area (TPSA) is 20.2 Å². The lowest BCUT2D eigenvalue weighted by Gasteiger charge is -2.60. The molecule has 4 aliphatic carbocycles. The second-order valence-electron chi connectivity index (χ2n) is 9.26. The maximum absolute atomic E-state index is 10.1. The van der Waals surface area contributed by atoms with Crippen LogP contribution in [0.1, 0.15) is 77.6 Å². The minimum absolute atomic E-state index is 0.0229. The Labute approximate surface area is 136 Å². The van der Waals surface area contributed by atoms with E-state index in [2.05, 4.69) is 12.8 Å². The van der Waals surface area contributed by atoms with Gasteiger partial charge in [-0.15, -0.1) is 12.3 Å². The number of hydrogen-bond acceptors (Lipinski definition) is 1. The van der Waals surface area contributed by atoms with Crippen LogP contribution in [0.2, 0.25) is 0 Å². The van der Waals surface area contributed by atoms with E-state index in [0.717, 1.165) is 42.9 Å². The Kier molecular flexibility index (Phi) is 3.61. The van der Waals surface area contributed by atoms with Gasteiger partial charge >= 0.3 is 0 Å². The van der Waals surface area contributed by atoms with E-state index in [0.29, 0.717) is 10.8 Å². The number of aliphatic hydroxyl groups is 1. The predicted octanol–water partition coefficient (Wildman–Crippen LogP) is 4.78. The van der Waals surface area contributed by atoms with Crippen LogP contribution in [0, 0.1) is 46.8 Å². The molecule has 0 saturated heterocycles. The quantitative estimate of drug-likeness (QED) is 0.691. The van der Waals surface area contributed by atoms with Crippen LogP contribution in [0.25, 0.3) is 0 Å². The molecular formula is C21H32O. The molecule has 0 radical (unpaired) electrons. The van der Waals surface area contributed by atoms with Gasteiger partial charge in [0.25, 0.3) is 0 Å². The van der Waals surface area contributed by atoms with Crippen LogP contribution in [0.4, 0.5) is 0 Å². The van der Waals surface area contributed by atoms with Crippen LogP contribution in [0.15, 0.2) is 0 Å². The molecule has 1 heteroatoms. The molecule has 0 aromatic rings. The molecule has 1 unspecified atom stereocenters. The van der Waals surface area contributed by atoms with Crippen LogP contribution in [-0.2, 0) is 0 Å². The molecular weight excluding hydrogens is 268 g/mol. The fourth-order valence-corrected chi connectivity index (χ4v) is 7.54. The van der Waals surface area contributed by atoms with Gasteiger partial charge in [-0.05, 0) is 92.3 Å². The molecule has 7 atom stereocenters. The summed E-state index contributed by atoms with van der Waals surface area (Å²) in [6.07, 6.45) is 19.9. The molecule has 4 aliphatic rings. The number of fused-ring (bicyclic) bond motifs is 5. The van der Waals surface area contributed by atoms with Crippen molar-refractivity contribution in [1.29, 1.82) is 0 Å². The predicted molar refractivity (Wildman–Crippen MR) is 90.1 cm³/mol. The second-order valence-corrected chi connectivity index (χ2v) is 9.26. The monoisotopic (exact) mass is 300 g/mol. The molecule has 0 aromatic carbocycles. The zero-order valence-corrected chi connectivity index (χ0v) is 14.2. The molecule has 1 N–H and O–H groups in total. The maximum Gasteiger partial charge on any atom is 0.0543 e. The van der Waals surface area contributed by atoms with E-state index in [-0.39, 0.29) is 6.10 Å². The molecule has 1 nitrogen and oxygen atoms in total. The SMILES string of the molecule is C#CC[C@@]12CCC[C@H]1[C@@H]1CCC3C[C@@H](O)CC[C@]3(C)[C@H]1CC2. The fourth-order valence-electron chi connectivity index (χ4n) is 7.54. The summed E-state index contributed by atoms with van der Waals surface area (Å²) in [5.74, 6) is 6.56. The largest absolute Gasteiger partial charge is 0.393 e. The molecule has 0 aliphatic heterocycles. The van der Waals surface area contributed by atoms with E-state index in [1.807, 2.05) is 0 Å². The van der Waals surface area contributed by atoms with Crippen molar-refractivity contribution < 1.29 is 5.11 Å². The first-order valence-corrected chi connectivity index (χ1v) is 9.71. The van der Waals surface area contributed by atoms with Crippen LogP contribution in [-0.4, -0.2) is 11.2 Å². The Morgan fingerprint density at radius 2 is 1.91 bits per heavy atom. The molecule has 4 rings (SSSR count). The molecule has 0 amide bonds. The summed E-state index contributed by atoms with van der Waals surface area (Å²) in [4.78, 5) is 0. The van der Waals surface area contributed by atoms with Gasteiger partial charge in [0.1, 0.15) is 0 Å². The lowest BCUT2D eigenvalue weighted by atomic mass is 9.45. The van der Waals surface area contributed by atoms with Crippen molar-refractivity contribution in [3.05, 3.63) is 0 Å². The Balaban J connectivity index is 1.62. The summed E-state index contributed by atoms with van der Waals surface area (Å²) >= 11 is 0. The average molecular weight is 300 g/mol. The third-order valence-corrected chi connectivity index (χ3v) is 8.62. The summed E-state index contributed by atoms with van der Waals surface area (Å²) in [5, 5.41) is 10.1. The summed E-state index contributed by atoms with van der Waals surface area (Å²) < 4.78 is 0. The lowest BCUT2D eigenvalue weighted by Crippen LogP contribution is -2.53. The number of hydrogen-bond donors (Lipinski definition) is 1. The van der Waals surface area contributed by atoms with E-state index in [4.69, 9.17) is 6.42 Å². The smallest absolute Gasteiger partial charge is 0.0543 e. The van der Waals surface area contributed by atoms with Gasteiger partial charge < -0.3 is 5.11 Å². The molecule has 0 bridgehead atoms. The van der Waals surface area contributed by atoms with Crippen molar-refractivity contribution >= 4 is 0 Å². The normalized spacial score (nSPS) is 54.0. The Bertz CT molecular complexity index is 477. The number of rotatable bonds is 1. The number of aliphatic hydroxyl groups excluding tert-OH is 1. The average Bonchev–Trinajstić information content (AvgIpc) is 2.92. The third kappa shape index (κ3) is 2.02. The van der Waals surface area contributed by atoms with Gasteiger partial charge in [-0.2, -0.15) is 0 Å². The van der Waals surface area contributed by atoms with Gasteiger partial charge in [-0.3, -0.25) is 0 Å². The van der Waals surface area contributed by atoms with Crippen molar-refractivity contribution in [2.24, 2.45) is 34.5 Å². The summed E-state index contributed by atoms with van der Waals surface area (Å²) in [6.45, 7) is 2.57. The van der Waals surface area contributed by atoms with Crippen molar-refractivity contribution in [1.82, 2.24) is 0 Å². The molecule has 4 fully saturated rings. The van der Waals surface area contributed by atoms with E-state index in [1.54, 1.807) is 0 Å². The number of terminal acetylenes is 1. The zero-order valence-electron chi connectivity index (χ0n) is 14.2. The highest BCUT2D eigenvalue weighted by Crippen LogP contribution is 2.66. The van der Waals surface area contributed by atoms with E-state index in [1.165, 1.54) is 51.4 Å². The third-order valence-electron chi connectivity index (χ3n) is 8.62. The van der Waals surface area contributed by atoms with E-state index < -0.39 is 0 Å². The second kappa shape index (κ2) is 5.27. The fraction of sp³-hybridized carbons (Fsp3) is 0.905. The standard InChI is InChI=1S/C21H32O/c1-3-10-21-11-4-5-19(21)17-7-6-15-14-16(22)8-12-20(15,2)18(17)9-13-21/h1,15-19,22H,4-14H2,2H3/t15?,16-,17+,18-,19-,20-,21-/m0/s1. The van der Waals surface area contributed by atoms with Crippen molar-refractivity contribution in [2.45, 2.75) is 83.7 Å². The summed E-state index contributed by atoms with van der Waals surface area (Å²) in [7, 11) is 0. The maximum atomic E-state index is 10.1. The molecule has 22 heavy (non-hydrogen) atoms. The van der Waals surface area contributed by atoms with E-state index >= 15 is 0 Å². The highest BCUT2D eigenvalue weighted by atomic mass is 16.3. The Hall–Kier alpha value is -0.480. The van der Waals surface area contributed by atoms with E-state index in [9.17, 15) is 5.11 Å². The zero-order chi connectivity index (χ0) is 15.4. The van der Waals surface area contributed by atoms with Crippen LogP contribution in [0.5, 0.6) is 0 Å².